The van der Waals surface area contributed by atoms with Gasteiger partial charge in [-0.2, -0.15) is 0 Å². The quantitative estimate of drug-likeness (QED) is 0.296. The summed E-state index contributed by atoms with van der Waals surface area (Å²) in [5.41, 5.74) is 18.8. The summed E-state index contributed by atoms with van der Waals surface area (Å²) in [5, 5.41) is 2.93. The van der Waals surface area contributed by atoms with Crippen molar-refractivity contribution in [3.8, 4) is 22.6 Å². The van der Waals surface area contributed by atoms with Gasteiger partial charge in [0, 0.05) is 56.4 Å². The van der Waals surface area contributed by atoms with E-state index >= 15 is 0 Å². The number of thiazole rings is 1. The van der Waals surface area contributed by atoms with E-state index in [1.807, 2.05) is 5.38 Å². The van der Waals surface area contributed by atoms with Crippen LogP contribution in [0.2, 0.25) is 0 Å². The fourth-order valence-corrected chi connectivity index (χ4v) is 6.06. The maximum atomic E-state index is 5.92. The van der Waals surface area contributed by atoms with Crippen molar-refractivity contribution < 1.29 is 0 Å². The van der Waals surface area contributed by atoms with E-state index in [1.165, 1.54) is 53.9 Å². The van der Waals surface area contributed by atoms with Crippen LogP contribution in [0.15, 0.2) is 53.9 Å². The molecule has 4 N–H and O–H groups in total. The second-order valence-corrected chi connectivity index (χ2v) is 12.0. The lowest BCUT2D eigenvalue weighted by atomic mass is 10.00. The molecule has 2 aromatic carbocycles. The third kappa shape index (κ3) is 6.27. The van der Waals surface area contributed by atoms with Crippen LogP contribution in [0.3, 0.4) is 0 Å². The van der Waals surface area contributed by atoms with Crippen LogP contribution in [0.1, 0.15) is 24.0 Å². The number of nitrogen functional groups attached to an aromatic ring is 2. The van der Waals surface area contributed by atoms with Crippen LogP contribution in [-0.2, 0) is 6.42 Å². The lowest BCUT2D eigenvalue weighted by molar-refractivity contribution is 0.155. The summed E-state index contributed by atoms with van der Waals surface area (Å²) in [7, 11) is 2.21. The van der Waals surface area contributed by atoms with Crippen molar-refractivity contribution in [2.24, 2.45) is 5.92 Å². The smallest absolute Gasteiger partial charge is 0.190 e. The summed E-state index contributed by atoms with van der Waals surface area (Å²) in [6.45, 7) is 8.91. The molecule has 40 heavy (non-hydrogen) atoms. The number of likely N-dealkylation sites (N-methyl/N-ethyl adjacent to an activating group) is 1. The number of hydrogen-bond donors (Lipinski definition) is 2. The van der Waals surface area contributed by atoms with E-state index in [9.17, 15) is 0 Å². The average molecular weight is 555 g/mol. The molecule has 2 aliphatic rings. The zero-order valence-electron chi connectivity index (χ0n) is 23.4. The van der Waals surface area contributed by atoms with Crippen LogP contribution >= 0.6 is 11.3 Å². The summed E-state index contributed by atoms with van der Waals surface area (Å²) in [5.74, 6) is 1.85. The normalized spacial score (nSPS) is 16.4. The second-order valence-electron chi connectivity index (χ2n) is 11.2. The number of piperazine rings is 1. The molecule has 0 atom stereocenters. The van der Waals surface area contributed by atoms with E-state index in [0.29, 0.717) is 29.1 Å². The fraction of sp³-hybridized carbons (Fsp3) is 0.387. The third-order valence-corrected chi connectivity index (χ3v) is 8.82. The number of hydrogen-bond acceptors (Lipinski definition) is 9. The molecule has 2 fully saturated rings. The van der Waals surface area contributed by atoms with Gasteiger partial charge in [-0.3, -0.25) is 0 Å². The molecule has 6 rings (SSSR count). The Labute approximate surface area is 240 Å². The molecule has 0 bridgehead atoms. The molecule has 208 valence electrons. The number of aryl methyl sites for hydroxylation is 1. The van der Waals surface area contributed by atoms with Crippen molar-refractivity contribution in [3.05, 3.63) is 65.0 Å². The molecule has 1 aliphatic carbocycles. The lowest BCUT2D eigenvalue weighted by Gasteiger charge is -2.32. The second kappa shape index (κ2) is 11.5. The highest BCUT2D eigenvalue weighted by atomic mass is 32.1. The molecule has 0 unspecified atom stereocenters. The molecule has 1 saturated carbocycles. The minimum absolute atomic E-state index is 0.348. The van der Waals surface area contributed by atoms with Gasteiger partial charge in [-0.15, -0.1) is 11.3 Å². The van der Waals surface area contributed by atoms with Crippen LogP contribution in [0, 0.1) is 12.8 Å². The number of anilines is 4. The standard InChI is InChI=1S/C31H38N8S/c1-21-3-8-25(24-9-6-22(7-10-24)11-12-38-15-13-37(2)14-16-38)17-27(21)39(19-23-4-5-23)31-34-26(20-40-31)30-35-28(32)18-29(33)36-30/h3,6-10,17-18,20,23H,4-5,11-16,19H2,1-2H3,(H4,32,33,35,36). The molecule has 4 aromatic rings. The first kappa shape index (κ1) is 26.7. The molecule has 2 aromatic heterocycles. The van der Waals surface area contributed by atoms with Gasteiger partial charge < -0.3 is 26.2 Å². The summed E-state index contributed by atoms with van der Waals surface area (Å²) in [4.78, 5) is 21.0. The van der Waals surface area contributed by atoms with Gasteiger partial charge in [0.2, 0.25) is 0 Å². The Bertz CT molecular complexity index is 1430. The van der Waals surface area contributed by atoms with Crippen molar-refractivity contribution in [3.63, 3.8) is 0 Å². The largest absolute Gasteiger partial charge is 0.384 e. The number of aromatic nitrogens is 3. The molecular weight excluding hydrogens is 516 g/mol. The summed E-state index contributed by atoms with van der Waals surface area (Å²) >= 11 is 1.60. The van der Waals surface area contributed by atoms with E-state index in [1.54, 1.807) is 17.4 Å². The van der Waals surface area contributed by atoms with Gasteiger partial charge in [0.1, 0.15) is 17.3 Å². The van der Waals surface area contributed by atoms with E-state index in [4.69, 9.17) is 16.5 Å². The van der Waals surface area contributed by atoms with Gasteiger partial charge in [-0.05, 0) is 67.5 Å². The first-order valence-electron chi connectivity index (χ1n) is 14.2. The molecule has 1 saturated heterocycles. The Hall–Kier alpha value is -3.53. The maximum Gasteiger partial charge on any atom is 0.190 e. The van der Waals surface area contributed by atoms with Crippen LogP contribution < -0.4 is 16.4 Å². The molecule has 0 radical (unpaired) electrons. The lowest BCUT2D eigenvalue weighted by Crippen LogP contribution is -2.45. The molecular formula is C31H38N8S. The van der Waals surface area contributed by atoms with Crippen molar-refractivity contribution in [2.75, 3.05) is 62.7 Å². The average Bonchev–Trinajstić information content (AvgIpc) is 3.64. The topological polar surface area (TPSA) is 100 Å². The molecule has 0 amide bonds. The monoisotopic (exact) mass is 554 g/mol. The molecule has 1 aliphatic heterocycles. The van der Waals surface area contributed by atoms with E-state index in [0.717, 1.165) is 37.7 Å². The first-order valence-corrected chi connectivity index (χ1v) is 15.0. The number of nitrogens with two attached hydrogens (primary N) is 2. The summed E-state index contributed by atoms with van der Waals surface area (Å²) in [6, 6.07) is 17.4. The highest BCUT2D eigenvalue weighted by Gasteiger charge is 2.28. The Morgan fingerprint density at radius 2 is 1.60 bits per heavy atom. The van der Waals surface area contributed by atoms with Crippen LogP contribution in [0.25, 0.3) is 22.6 Å². The number of benzene rings is 2. The molecule has 8 nitrogen and oxygen atoms in total. The highest BCUT2D eigenvalue weighted by Crippen LogP contribution is 2.40. The van der Waals surface area contributed by atoms with Crippen LogP contribution in [-0.4, -0.2) is 71.1 Å². The predicted molar refractivity (Wildman–Crippen MR) is 166 cm³/mol. The van der Waals surface area contributed by atoms with Crippen molar-refractivity contribution >= 4 is 33.8 Å². The Kier molecular flexibility index (Phi) is 7.69. The summed E-state index contributed by atoms with van der Waals surface area (Å²) < 4.78 is 0. The highest BCUT2D eigenvalue weighted by molar-refractivity contribution is 7.14. The van der Waals surface area contributed by atoms with Crippen LogP contribution in [0.4, 0.5) is 22.5 Å². The molecule has 0 spiro atoms. The Morgan fingerprint density at radius 1 is 0.900 bits per heavy atom. The van der Waals surface area contributed by atoms with E-state index in [-0.39, 0.29) is 0 Å². The van der Waals surface area contributed by atoms with Gasteiger partial charge in [-0.1, -0.05) is 36.4 Å². The van der Waals surface area contributed by atoms with Gasteiger partial charge in [0.25, 0.3) is 0 Å². The van der Waals surface area contributed by atoms with Crippen molar-refractivity contribution in [2.45, 2.75) is 26.2 Å². The van der Waals surface area contributed by atoms with Gasteiger partial charge in [0.05, 0.1) is 0 Å². The molecule has 3 heterocycles. The minimum Gasteiger partial charge on any atom is -0.384 e. The maximum absolute atomic E-state index is 5.92. The van der Waals surface area contributed by atoms with Crippen molar-refractivity contribution in [1.82, 2.24) is 24.8 Å². The van der Waals surface area contributed by atoms with E-state index < -0.39 is 0 Å². The SMILES string of the molecule is Cc1ccc(-c2ccc(CCN3CCN(C)CC3)cc2)cc1N(CC1CC1)c1nc(-c2nc(N)cc(N)n2)cs1. The Balaban J connectivity index is 1.22. The van der Waals surface area contributed by atoms with E-state index in [2.05, 4.69) is 81.1 Å². The third-order valence-electron chi connectivity index (χ3n) is 7.96. The predicted octanol–water partition coefficient (Wildman–Crippen LogP) is 5.08. The summed E-state index contributed by atoms with van der Waals surface area (Å²) in [6.07, 6.45) is 3.61. The zero-order valence-corrected chi connectivity index (χ0v) is 24.2. The zero-order chi connectivity index (χ0) is 27.6. The van der Waals surface area contributed by atoms with Crippen LogP contribution in [0.5, 0.6) is 0 Å². The number of rotatable bonds is 9. The first-order chi connectivity index (χ1) is 19.4. The van der Waals surface area contributed by atoms with Gasteiger partial charge in [-0.25, -0.2) is 15.0 Å². The molecule has 9 heteroatoms. The fourth-order valence-electron chi connectivity index (χ4n) is 5.23. The minimum atomic E-state index is 0.348. The van der Waals surface area contributed by atoms with Crippen molar-refractivity contribution in [1.29, 1.82) is 0 Å². The number of nitrogens with zero attached hydrogens (tertiary/aromatic N) is 6. The Morgan fingerprint density at radius 3 is 2.30 bits per heavy atom. The van der Waals surface area contributed by atoms with Gasteiger partial charge >= 0.3 is 0 Å². The van der Waals surface area contributed by atoms with Gasteiger partial charge in [0.15, 0.2) is 11.0 Å².